The van der Waals surface area contributed by atoms with Crippen LogP contribution < -0.4 is 15.4 Å². The summed E-state index contributed by atoms with van der Waals surface area (Å²) in [5, 5.41) is 17.8. The Balaban J connectivity index is 1.49. The second kappa shape index (κ2) is 15.5. The van der Waals surface area contributed by atoms with Crippen molar-refractivity contribution in [2.45, 2.75) is 58.3 Å². The molecule has 1 unspecified atom stereocenters. The molecule has 0 saturated carbocycles. The van der Waals surface area contributed by atoms with E-state index in [0.29, 0.717) is 24.1 Å². The number of nitrogens with zero attached hydrogens (tertiary/aromatic N) is 1. The Morgan fingerprint density at radius 1 is 0.822 bits per heavy atom. The predicted molar refractivity (Wildman–Crippen MR) is 180 cm³/mol. The molecular formula is C38H45N3O4. The van der Waals surface area contributed by atoms with Crippen molar-refractivity contribution in [2.24, 2.45) is 0 Å². The number of hydrogen-bond acceptors (Lipinski definition) is 5. The standard InChI is InChI=1S/C38H45N3O4/c1-25-12-14-30(15-13-25)27(3)39-24-36(42)35(22-29-10-8-7-9-11-29)40-37(43)32-20-26(2)21-33(23-32)38(44)41(5)28(4)31-16-18-34(45-6)19-17-31/h7-21,23,27-28,35-36,39,42H,22,24H2,1-6H3,(H,40,43)/t27-,28?,35+,36-/m1/s1. The smallest absolute Gasteiger partial charge is 0.254 e. The minimum Gasteiger partial charge on any atom is -0.497 e. The van der Waals surface area contributed by atoms with Gasteiger partial charge >= 0.3 is 0 Å². The van der Waals surface area contributed by atoms with Crippen LogP contribution in [-0.4, -0.2) is 54.7 Å². The van der Waals surface area contributed by atoms with Crippen molar-refractivity contribution in [3.05, 3.63) is 136 Å². The van der Waals surface area contributed by atoms with Gasteiger partial charge < -0.3 is 25.4 Å². The average molecular weight is 608 g/mol. The lowest BCUT2D eigenvalue weighted by atomic mass is 9.99. The van der Waals surface area contributed by atoms with Crippen LogP contribution in [0.3, 0.4) is 0 Å². The van der Waals surface area contributed by atoms with Gasteiger partial charge in [0.15, 0.2) is 0 Å². The summed E-state index contributed by atoms with van der Waals surface area (Å²) in [6.45, 7) is 8.23. The summed E-state index contributed by atoms with van der Waals surface area (Å²) in [6, 6.07) is 30.2. The zero-order chi connectivity index (χ0) is 32.5. The Labute approximate surface area is 267 Å². The molecule has 0 spiro atoms. The van der Waals surface area contributed by atoms with Crippen molar-refractivity contribution in [1.82, 2.24) is 15.5 Å². The number of carbonyl (C=O) groups is 2. The molecule has 0 fully saturated rings. The number of ether oxygens (including phenoxy) is 1. The number of rotatable bonds is 13. The summed E-state index contributed by atoms with van der Waals surface area (Å²) in [5.41, 5.74) is 5.89. The number of amides is 2. The largest absolute Gasteiger partial charge is 0.497 e. The van der Waals surface area contributed by atoms with Crippen LogP contribution in [0.1, 0.15) is 74.5 Å². The number of carbonyl (C=O) groups excluding carboxylic acids is 2. The van der Waals surface area contributed by atoms with Crippen molar-refractivity contribution in [1.29, 1.82) is 0 Å². The highest BCUT2D eigenvalue weighted by atomic mass is 16.5. The number of aryl methyl sites for hydroxylation is 2. The first-order valence-electron chi connectivity index (χ1n) is 15.4. The molecule has 0 aliphatic carbocycles. The summed E-state index contributed by atoms with van der Waals surface area (Å²) in [7, 11) is 3.38. The third-order valence-corrected chi connectivity index (χ3v) is 8.38. The number of methoxy groups -OCH3 is 1. The highest BCUT2D eigenvalue weighted by Crippen LogP contribution is 2.24. The number of nitrogens with one attached hydrogen (secondary N) is 2. The van der Waals surface area contributed by atoms with Crippen molar-refractivity contribution in [2.75, 3.05) is 20.7 Å². The molecule has 7 nitrogen and oxygen atoms in total. The molecule has 45 heavy (non-hydrogen) atoms. The number of aliphatic hydroxyl groups is 1. The maximum absolute atomic E-state index is 13.7. The topological polar surface area (TPSA) is 90.9 Å². The fourth-order valence-electron chi connectivity index (χ4n) is 5.34. The van der Waals surface area contributed by atoms with Gasteiger partial charge in [0.1, 0.15) is 5.75 Å². The van der Waals surface area contributed by atoms with Crippen LogP contribution in [0.5, 0.6) is 5.75 Å². The lowest BCUT2D eigenvalue weighted by molar-refractivity contribution is 0.0742. The van der Waals surface area contributed by atoms with Gasteiger partial charge in [-0.05, 0) is 86.7 Å². The lowest BCUT2D eigenvalue weighted by Crippen LogP contribution is -2.49. The van der Waals surface area contributed by atoms with Gasteiger partial charge in [-0.25, -0.2) is 0 Å². The molecule has 236 valence electrons. The van der Waals surface area contributed by atoms with E-state index in [1.165, 1.54) is 5.56 Å². The molecule has 0 bridgehead atoms. The highest BCUT2D eigenvalue weighted by molar-refractivity contribution is 6.00. The average Bonchev–Trinajstić information content (AvgIpc) is 3.06. The Hall–Kier alpha value is -4.46. The van der Waals surface area contributed by atoms with E-state index in [4.69, 9.17) is 4.74 Å². The summed E-state index contributed by atoms with van der Waals surface area (Å²) in [5.74, 6) is 0.220. The van der Waals surface area contributed by atoms with E-state index in [1.54, 1.807) is 37.3 Å². The molecule has 0 saturated heterocycles. The van der Waals surface area contributed by atoms with Crippen molar-refractivity contribution in [3.8, 4) is 5.75 Å². The number of aliphatic hydroxyl groups excluding tert-OH is 1. The van der Waals surface area contributed by atoms with Crippen LogP contribution >= 0.6 is 0 Å². The minimum absolute atomic E-state index is 0.0240. The molecule has 4 aromatic rings. The third kappa shape index (κ3) is 9.03. The van der Waals surface area contributed by atoms with E-state index in [1.807, 2.05) is 68.4 Å². The van der Waals surface area contributed by atoms with Gasteiger partial charge in [-0.2, -0.15) is 0 Å². The molecule has 4 rings (SSSR count). The SMILES string of the molecule is COc1ccc(C(C)N(C)C(=O)c2cc(C)cc(C(=O)N[C@@H](Cc3ccccc3)[C@H](O)CN[C@H](C)c3ccc(C)cc3)c2)cc1. The van der Waals surface area contributed by atoms with Gasteiger partial charge in [0.25, 0.3) is 11.8 Å². The first-order chi connectivity index (χ1) is 21.5. The molecule has 0 heterocycles. The quantitative estimate of drug-likeness (QED) is 0.168. The Morgan fingerprint density at radius 2 is 1.44 bits per heavy atom. The molecule has 3 N–H and O–H groups in total. The molecule has 4 atom stereocenters. The van der Waals surface area contributed by atoms with E-state index < -0.39 is 12.1 Å². The predicted octanol–water partition coefficient (Wildman–Crippen LogP) is 6.20. The summed E-state index contributed by atoms with van der Waals surface area (Å²) in [6.07, 6.45) is -0.405. The van der Waals surface area contributed by atoms with Gasteiger partial charge in [0.2, 0.25) is 0 Å². The van der Waals surface area contributed by atoms with E-state index in [0.717, 1.165) is 28.0 Å². The van der Waals surface area contributed by atoms with Gasteiger partial charge in [-0.1, -0.05) is 72.3 Å². The summed E-state index contributed by atoms with van der Waals surface area (Å²) >= 11 is 0. The monoisotopic (exact) mass is 607 g/mol. The molecule has 0 aromatic heterocycles. The van der Waals surface area contributed by atoms with Crippen LogP contribution in [0, 0.1) is 13.8 Å². The molecular weight excluding hydrogens is 562 g/mol. The van der Waals surface area contributed by atoms with Crippen LogP contribution in [0.15, 0.2) is 97.1 Å². The number of hydrogen-bond donors (Lipinski definition) is 3. The van der Waals surface area contributed by atoms with E-state index >= 15 is 0 Å². The van der Waals surface area contributed by atoms with Gasteiger partial charge in [0, 0.05) is 30.8 Å². The zero-order valence-corrected chi connectivity index (χ0v) is 27.1. The van der Waals surface area contributed by atoms with Crippen LogP contribution in [0.2, 0.25) is 0 Å². The zero-order valence-electron chi connectivity index (χ0n) is 27.1. The molecule has 0 aliphatic heterocycles. The van der Waals surface area contributed by atoms with E-state index in [-0.39, 0.29) is 23.9 Å². The first kappa shape index (κ1) is 33.4. The molecule has 7 heteroatoms. The fourth-order valence-corrected chi connectivity index (χ4v) is 5.34. The molecule has 2 amide bonds. The summed E-state index contributed by atoms with van der Waals surface area (Å²) < 4.78 is 5.26. The van der Waals surface area contributed by atoms with Crippen LogP contribution in [0.4, 0.5) is 0 Å². The second-order valence-corrected chi connectivity index (χ2v) is 11.8. The Morgan fingerprint density at radius 3 is 2.09 bits per heavy atom. The molecule has 0 aliphatic rings. The molecule has 4 aromatic carbocycles. The van der Waals surface area contributed by atoms with Gasteiger partial charge in [-0.3, -0.25) is 9.59 Å². The van der Waals surface area contributed by atoms with Crippen molar-refractivity contribution in [3.63, 3.8) is 0 Å². The fraction of sp³-hybridized carbons (Fsp3) is 0.316. The van der Waals surface area contributed by atoms with Crippen molar-refractivity contribution >= 4 is 11.8 Å². The number of benzene rings is 4. The third-order valence-electron chi connectivity index (χ3n) is 8.38. The first-order valence-corrected chi connectivity index (χ1v) is 15.4. The second-order valence-electron chi connectivity index (χ2n) is 11.8. The Bertz CT molecular complexity index is 1550. The lowest BCUT2D eigenvalue weighted by Gasteiger charge is -2.27. The van der Waals surface area contributed by atoms with Crippen LogP contribution in [-0.2, 0) is 6.42 Å². The van der Waals surface area contributed by atoms with Crippen LogP contribution in [0.25, 0.3) is 0 Å². The normalized spacial score (nSPS) is 13.8. The summed E-state index contributed by atoms with van der Waals surface area (Å²) in [4.78, 5) is 28.9. The highest BCUT2D eigenvalue weighted by Gasteiger charge is 2.25. The van der Waals surface area contributed by atoms with Crippen molar-refractivity contribution < 1.29 is 19.4 Å². The minimum atomic E-state index is -0.857. The maximum atomic E-state index is 13.7. The molecule has 0 radical (unpaired) electrons. The van der Waals surface area contributed by atoms with Gasteiger partial charge in [-0.15, -0.1) is 0 Å². The maximum Gasteiger partial charge on any atom is 0.254 e. The van der Waals surface area contributed by atoms with Gasteiger partial charge in [0.05, 0.1) is 25.3 Å². The van der Waals surface area contributed by atoms with E-state index in [9.17, 15) is 14.7 Å². The van der Waals surface area contributed by atoms with E-state index in [2.05, 4.69) is 48.7 Å². The Kier molecular flexibility index (Phi) is 11.5.